The van der Waals surface area contributed by atoms with Crippen molar-refractivity contribution in [2.75, 3.05) is 12.4 Å². The minimum Gasteiger partial charge on any atom is -0.497 e. The number of nitrogens with one attached hydrogen (secondary N) is 1. The largest absolute Gasteiger partial charge is 0.497 e. The molecule has 0 aliphatic rings. The number of anilines is 1. The highest BCUT2D eigenvalue weighted by atomic mass is 16.5. The molecular formula is C15H24N2O3. The van der Waals surface area contributed by atoms with Crippen LogP contribution in [0.2, 0.25) is 0 Å². The maximum absolute atomic E-state index is 12.0. The maximum atomic E-state index is 12.0. The zero-order valence-electron chi connectivity index (χ0n) is 12.6. The first kappa shape index (κ1) is 16.3. The van der Waals surface area contributed by atoms with Crippen molar-refractivity contribution in [3.8, 4) is 11.5 Å². The number of carbonyl (C=O) groups excluding carboxylic acids is 1. The van der Waals surface area contributed by atoms with E-state index >= 15 is 0 Å². The van der Waals surface area contributed by atoms with Crippen LogP contribution in [0.4, 0.5) is 5.69 Å². The van der Waals surface area contributed by atoms with Crippen molar-refractivity contribution >= 4 is 11.6 Å². The quantitative estimate of drug-likeness (QED) is 0.805. The molecule has 3 N–H and O–H groups in total. The molecule has 0 heterocycles. The third kappa shape index (κ3) is 4.74. The van der Waals surface area contributed by atoms with Gasteiger partial charge in [0.1, 0.15) is 11.5 Å². The van der Waals surface area contributed by atoms with Crippen LogP contribution in [0.1, 0.15) is 33.6 Å². The number of nitrogens with two attached hydrogens (primary N) is 1. The Labute approximate surface area is 120 Å². The van der Waals surface area contributed by atoms with E-state index < -0.39 is 6.04 Å². The third-order valence-corrected chi connectivity index (χ3v) is 2.74. The van der Waals surface area contributed by atoms with Gasteiger partial charge >= 0.3 is 0 Å². The van der Waals surface area contributed by atoms with Crippen LogP contribution < -0.4 is 20.5 Å². The van der Waals surface area contributed by atoms with Gasteiger partial charge in [0.25, 0.3) is 0 Å². The lowest BCUT2D eigenvalue weighted by Gasteiger charge is -2.17. The van der Waals surface area contributed by atoms with E-state index in [4.69, 9.17) is 15.2 Å². The van der Waals surface area contributed by atoms with Gasteiger partial charge in [0, 0.05) is 6.07 Å². The number of hydrogen-bond acceptors (Lipinski definition) is 4. The first-order valence-electron chi connectivity index (χ1n) is 6.89. The number of carbonyl (C=O) groups is 1. The number of rotatable bonds is 7. The van der Waals surface area contributed by atoms with Crippen molar-refractivity contribution in [2.24, 2.45) is 5.73 Å². The van der Waals surface area contributed by atoms with Gasteiger partial charge in [-0.15, -0.1) is 0 Å². The minimum absolute atomic E-state index is 0.0170. The van der Waals surface area contributed by atoms with Gasteiger partial charge in [-0.05, 0) is 32.4 Å². The fraction of sp³-hybridized carbons (Fsp3) is 0.533. The Kier molecular flexibility index (Phi) is 6.31. The molecule has 1 aromatic carbocycles. The molecule has 0 spiro atoms. The molecule has 20 heavy (non-hydrogen) atoms. The van der Waals surface area contributed by atoms with Gasteiger partial charge < -0.3 is 20.5 Å². The molecule has 1 aromatic rings. The number of hydrogen-bond donors (Lipinski definition) is 2. The highest BCUT2D eigenvalue weighted by Gasteiger charge is 2.16. The fourth-order valence-corrected chi connectivity index (χ4v) is 1.76. The Morgan fingerprint density at radius 1 is 1.40 bits per heavy atom. The molecule has 112 valence electrons. The van der Waals surface area contributed by atoms with E-state index in [9.17, 15) is 4.79 Å². The van der Waals surface area contributed by atoms with Crippen LogP contribution in [0.5, 0.6) is 11.5 Å². The summed E-state index contributed by atoms with van der Waals surface area (Å²) in [5.41, 5.74) is 6.39. The van der Waals surface area contributed by atoms with Gasteiger partial charge in [-0.2, -0.15) is 0 Å². The third-order valence-electron chi connectivity index (χ3n) is 2.74. The van der Waals surface area contributed by atoms with E-state index in [0.717, 1.165) is 6.42 Å². The van der Waals surface area contributed by atoms with Crippen molar-refractivity contribution in [1.82, 2.24) is 0 Å². The smallest absolute Gasteiger partial charge is 0.241 e. The highest BCUT2D eigenvalue weighted by Crippen LogP contribution is 2.30. The monoisotopic (exact) mass is 280 g/mol. The molecule has 1 atom stereocenters. The van der Waals surface area contributed by atoms with Gasteiger partial charge in [-0.3, -0.25) is 4.79 Å². The molecule has 0 aromatic heterocycles. The van der Waals surface area contributed by atoms with E-state index in [1.807, 2.05) is 20.8 Å². The van der Waals surface area contributed by atoms with E-state index in [2.05, 4.69) is 5.32 Å². The van der Waals surface area contributed by atoms with Crippen LogP contribution >= 0.6 is 0 Å². The standard InChI is InChI=1S/C15H24N2O3/c1-5-6-12(16)15(18)17-13-9-11(19-4)7-8-14(13)20-10(2)3/h7-10,12H,5-6,16H2,1-4H3,(H,17,18). The molecule has 0 fully saturated rings. The average molecular weight is 280 g/mol. The molecule has 0 radical (unpaired) electrons. The SMILES string of the molecule is CCCC(N)C(=O)Nc1cc(OC)ccc1OC(C)C. The second-order valence-electron chi connectivity index (χ2n) is 4.91. The topological polar surface area (TPSA) is 73.6 Å². The van der Waals surface area contributed by atoms with Gasteiger partial charge in [0.05, 0.1) is 24.9 Å². The van der Waals surface area contributed by atoms with Gasteiger partial charge in [0.2, 0.25) is 5.91 Å². The van der Waals surface area contributed by atoms with Crippen LogP contribution in [0.25, 0.3) is 0 Å². The molecule has 0 aliphatic carbocycles. The summed E-state index contributed by atoms with van der Waals surface area (Å²) in [5, 5.41) is 2.81. The van der Waals surface area contributed by atoms with Crippen LogP contribution in [-0.4, -0.2) is 25.2 Å². The lowest BCUT2D eigenvalue weighted by atomic mass is 10.1. The molecule has 1 rings (SSSR count). The van der Waals surface area contributed by atoms with Crippen molar-refractivity contribution in [1.29, 1.82) is 0 Å². The van der Waals surface area contributed by atoms with E-state index in [1.54, 1.807) is 25.3 Å². The number of ether oxygens (including phenoxy) is 2. The lowest BCUT2D eigenvalue weighted by molar-refractivity contribution is -0.117. The number of amides is 1. The Balaban J connectivity index is 2.92. The predicted octanol–water partition coefficient (Wildman–Crippen LogP) is 2.55. The summed E-state index contributed by atoms with van der Waals surface area (Å²) in [6, 6.07) is 4.78. The summed E-state index contributed by atoms with van der Waals surface area (Å²) in [4.78, 5) is 12.0. The van der Waals surface area contributed by atoms with Gasteiger partial charge in [-0.1, -0.05) is 13.3 Å². The zero-order chi connectivity index (χ0) is 15.1. The summed E-state index contributed by atoms with van der Waals surface area (Å²) >= 11 is 0. The average Bonchev–Trinajstić information content (AvgIpc) is 2.40. The molecule has 5 heteroatoms. The van der Waals surface area contributed by atoms with Crippen LogP contribution in [0.15, 0.2) is 18.2 Å². The minimum atomic E-state index is -0.516. The van der Waals surface area contributed by atoms with Crippen molar-refractivity contribution in [3.05, 3.63) is 18.2 Å². The molecule has 1 unspecified atom stereocenters. The van der Waals surface area contributed by atoms with E-state index in [-0.39, 0.29) is 12.0 Å². The molecule has 0 saturated heterocycles. The Bertz CT molecular complexity index is 447. The zero-order valence-corrected chi connectivity index (χ0v) is 12.6. The summed E-state index contributed by atoms with van der Waals surface area (Å²) in [6.07, 6.45) is 1.53. The van der Waals surface area contributed by atoms with Crippen molar-refractivity contribution in [2.45, 2.75) is 45.8 Å². The van der Waals surface area contributed by atoms with E-state index in [1.165, 1.54) is 0 Å². The molecular weight excluding hydrogens is 256 g/mol. The Morgan fingerprint density at radius 2 is 2.10 bits per heavy atom. The maximum Gasteiger partial charge on any atom is 0.241 e. The van der Waals surface area contributed by atoms with Gasteiger partial charge in [0.15, 0.2) is 0 Å². The normalized spacial score (nSPS) is 12.1. The molecule has 1 amide bonds. The number of benzene rings is 1. The molecule has 5 nitrogen and oxygen atoms in total. The number of methoxy groups -OCH3 is 1. The summed E-state index contributed by atoms with van der Waals surface area (Å²) in [6.45, 7) is 5.85. The Morgan fingerprint density at radius 3 is 2.65 bits per heavy atom. The highest BCUT2D eigenvalue weighted by molar-refractivity contribution is 5.96. The summed E-state index contributed by atoms with van der Waals surface area (Å²) in [5.74, 6) is 1.05. The van der Waals surface area contributed by atoms with Crippen molar-refractivity contribution < 1.29 is 14.3 Å². The van der Waals surface area contributed by atoms with Crippen molar-refractivity contribution in [3.63, 3.8) is 0 Å². The second kappa shape index (κ2) is 7.75. The van der Waals surface area contributed by atoms with Gasteiger partial charge in [-0.25, -0.2) is 0 Å². The molecule has 0 bridgehead atoms. The van der Waals surface area contributed by atoms with E-state index in [0.29, 0.717) is 23.6 Å². The summed E-state index contributed by atoms with van der Waals surface area (Å²) in [7, 11) is 1.58. The second-order valence-corrected chi connectivity index (χ2v) is 4.91. The Hall–Kier alpha value is -1.75. The first-order valence-corrected chi connectivity index (χ1v) is 6.89. The first-order chi connectivity index (χ1) is 9.47. The van der Waals surface area contributed by atoms with Crippen LogP contribution in [0, 0.1) is 0 Å². The molecule has 0 aliphatic heterocycles. The van der Waals surface area contributed by atoms with Crippen LogP contribution in [-0.2, 0) is 4.79 Å². The predicted molar refractivity (Wildman–Crippen MR) is 80.3 cm³/mol. The van der Waals surface area contributed by atoms with Crippen LogP contribution in [0.3, 0.4) is 0 Å². The molecule has 0 saturated carbocycles. The lowest BCUT2D eigenvalue weighted by Crippen LogP contribution is -2.35. The fourth-order valence-electron chi connectivity index (χ4n) is 1.76. The summed E-state index contributed by atoms with van der Waals surface area (Å²) < 4.78 is 10.8.